The molecule has 0 fully saturated rings. The molecule has 0 spiro atoms. The van der Waals surface area contributed by atoms with Crippen LogP contribution >= 0.6 is 11.3 Å². The standard InChI is InChI=1S/C13H16N2S/c1-9(2)12-8-16-13(15-12)7-10-4-3-5-11(14)6-10/h3-6,8-9H,7,14H2,1-2H3. The van der Waals surface area contributed by atoms with Crippen LogP contribution in [0.15, 0.2) is 29.6 Å². The Morgan fingerprint density at radius 2 is 2.19 bits per heavy atom. The van der Waals surface area contributed by atoms with Crippen LogP contribution < -0.4 is 5.73 Å². The van der Waals surface area contributed by atoms with Crippen molar-refractivity contribution in [1.82, 2.24) is 4.98 Å². The van der Waals surface area contributed by atoms with Gasteiger partial charge in [0.1, 0.15) is 0 Å². The quantitative estimate of drug-likeness (QED) is 0.823. The molecule has 3 heteroatoms. The Balaban J connectivity index is 2.14. The fourth-order valence-corrected chi connectivity index (χ4v) is 2.54. The van der Waals surface area contributed by atoms with Crippen LogP contribution in [0.4, 0.5) is 5.69 Å². The van der Waals surface area contributed by atoms with E-state index in [0.29, 0.717) is 5.92 Å². The highest BCUT2D eigenvalue weighted by atomic mass is 32.1. The summed E-state index contributed by atoms with van der Waals surface area (Å²) in [5.41, 5.74) is 8.98. The Labute approximate surface area is 100 Å². The molecule has 0 saturated carbocycles. The molecular formula is C13H16N2S. The third kappa shape index (κ3) is 2.61. The fraction of sp³-hybridized carbons (Fsp3) is 0.308. The molecule has 84 valence electrons. The Bertz CT molecular complexity index is 474. The number of anilines is 1. The highest BCUT2D eigenvalue weighted by Gasteiger charge is 2.06. The summed E-state index contributed by atoms with van der Waals surface area (Å²) < 4.78 is 0. The fourth-order valence-electron chi connectivity index (χ4n) is 1.55. The van der Waals surface area contributed by atoms with Crippen LogP contribution in [0, 0.1) is 0 Å². The molecule has 0 atom stereocenters. The average Bonchev–Trinajstić information content (AvgIpc) is 2.66. The van der Waals surface area contributed by atoms with Gasteiger partial charge in [-0.25, -0.2) is 4.98 Å². The van der Waals surface area contributed by atoms with Crippen molar-refractivity contribution >= 4 is 17.0 Å². The zero-order valence-corrected chi connectivity index (χ0v) is 10.4. The minimum Gasteiger partial charge on any atom is -0.399 e. The van der Waals surface area contributed by atoms with Crippen molar-refractivity contribution in [2.24, 2.45) is 0 Å². The summed E-state index contributed by atoms with van der Waals surface area (Å²) in [6.07, 6.45) is 0.877. The second-order valence-corrected chi connectivity index (χ2v) is 5.19. The second-order valence-electron chi connectivity index (χ2n) is 4.24. The van der Waals surface area contributed by atoms with E-state index in [4.69, 9.17) is 5.73 Å². The number of nitrogens with zero attached hydrogens (tertiary/aromatic N) is 1. The maximum atomic E-state index is 5.75. The van der Waals surface area contributed by atoms with Crippen molar-refractivity contribution in [2.75, 3.05) is 5.73 Å². The Morgan fingerprint density at radius 3 is 2.81 bits per heavy atom. The van der Waals surface area contributed by atoms with E-state index in [1.54, 1.807) is 11.3 Å². The lowest BCUT2D eigenvalue weighted by molar-refractivity contribution is 0.825. The molecule has 2 nitrogen and oxygen atoms in total. The molecule has 0 saturated heterocycles. The molecule has 0 aliphatic carbocycles. The van der Waals surface area contributed by atoms with Crippen molar-refractivity contribution in [3.63, 3.8) is 0 Å². The zero-order valence-electron chi connectivity index (χ0n) is 9.60. The first-order chi connectivity index (χ1) is 7.65. The molecule has 0 aliphatic rings. The van der Waals surface area contributed by atoms with E-state index in [2.05, 4.69) is 30.3 Å². The molecule has 2 aromatic rings. The lowest BCUT2D eigenvalue weighted by Crippen LogP contribution is -1.92. The average molecular weight is 232 g/mol. The van der Waals surface area contributed by atoms with Gasteiger partial charge in [0.2, 0.25) is 0 Å². The first-order valence-corrected chi connectivity index (χ1v) is 6.32. The van der Waals surface area contributed by atoms with Crippen molar-refractivity contribution in [3.05, 3.63) is 45.9 Å². The van der Waals surface area contributed by atoms with E-state index in [9.17, 15) is 0 Å². The highest BCUT2D eigenvalue weighted by molar-refractivity contribution is 7.09. The largest absolute Gasteiger partial charge is 0.399 e. The van der Waals surface area contributed by atoms with Gasteiger partial charge in [-0.05, 0) is 23.6 Å². The van der Waals surface area contributed by atoms with E-state index in [0.717, 1.165) is 17.1 Å². The molecule has 0 unspecified atom stereocenters. The van der Waals surface area contributed by atoms with Crippen LogP contribution in [-0.2, 0) is 6.42 Å². The zero-order chi connectivity index (χ0) is 11.5. The maximum absolute atomic E-state index is 5.75. The van der Waals surface area contributed by atoms with E-state index >= 15 is 0 Å². The van der Waals surface area contributed by atoms with Gasteiger partial charge in [0.05, 0.1) is 10.7 Å². The van der Waals surface area contributed by atoms with Crippen molar-refractivity contribution in [1.29, 1.82) is 0 Å². The van der Waals surface area contributed by atoms with Crippen LogP contribution in [0.1, 0.15) is 36.0 Å². The molecular weight excluding hydrogens is 216 g/mol. The van der Waals surface area contributed by atoms with E-state index in [-0.39, 0.29) is 0 Å². The van der Waals surface area contributed by atoms with E-state index in [1.165, 1.54) is 11.3 Å². The summed E-state index contributed by atoms with van der Waals surface area (Å²) in [5.74, 6) is 0.505. The van der Waals surface area contributed by atoms with E-state index in [1.807, 2.05) is 18.2 Å². The third-order valence-electron chi connectivity index (χ3n) is 2.47. The normalized spacial score (nSPS) is 10.9. The predicted octanol–water partition coefficient (Wildman–Crippen LogP) is 3.44. The number of hydrogen-bond donors (Lipinski definition) is 1. The minimum absolute atomic E-state index is 0.505. The second kappa shape index (κ2) is 4.66. The predicted molar refractivity (Wildman–Crippen MR) is 69.9 cm³/mol. The first kappa shape index (κ1) is 11.1. The SMILES string of the molecule is CC(C)c1csc(Cc2cccc(N)c2)n1. The highest BCUT2D eigenvalue weighted by Crippen LogP contribution is 2.20. The Hall–Kier alpha value is -1.35. The van der Waals surface area contributed by atoms with Gasteiger partial charge in [0.25, 0.3) is 0 Å². The van der Waals surface area contributed by atoms with Gasteiger partial charge in [-0.3, -0.25) is 0 Å². The number of hydrogen-bond acceptors (Lipinski definition) is 3. The molecule has 1 heterocycles. The molecule has 1 aromatic carbocycles. The monoisotopic (exact) mass is 232 g/mol. The van der Waals surface area contributed by atoms with Gasteiger partial charge in [0, 0.05) is 17.5 Å². The summed E-state index contributed by atoms with van der Waals surface area (Å²) in [5, 5.41) is 3.31. The van der Waals surface area contributed by atoms with Crippen molar-refractivity contribution < 1.29 is 0 Å². The van der Waals surface area contributed by atoms with Crippen LogP contribution in [-0.4, -0.2) is 4.98 Å². The summed E-state index contributed by atoms with van der Waals surface area (Å²) in [6.45, 7) is 4.33. The van der Waals surface area contributed by atoms with Gasteiger partial charge in [-0.15, -0.1) is 11.3 Å². The topological polar surface area (TPSA) is 38.9 Å². The molecule has 16 heavy (non-hydrogen) atoms. The summed E-state index contributed by atoms with van der Waals surface area (Å²) >= 11 is 1.73. The van der Waals surface area contributed by atoms with Gasteiger partial charge >= 0.3 is 0 Å². The maximum Gasteiger partial charge on any atom is 0.0972 e. The van der Waals surface area contributed by atoms with Crippen LogP contribution in [0.25, 0.3) is 0 Å². The number of rotatable bonds is 3. The number of benzene rings is 1. The van der Waals surface area contributed by atoms with Crippen LogP contribution in [0.3, 0.4) is 0 Å². The number of nitrogens with two attached hydrogens (primary N) is 1. The Morgan fingerprint density at radius 1 is 1.38 bits per heavy atom. The smallest absolute Gasteiger partial charge is 0.0972 e. The first-order valence-electron chi connectivity index (χ1n) is 5.44. The van der Waals surface area contributed by atoms with E-state index < -0.39 is 0 Å². The van der Waals surface area contributed by atoms with Crippen molar-refractivity contribution in [3.8, 4) is 0 Å². The van der Waals surface area contributed by atoms with Gasteiger partial charge in [-0.2, -0.15) is 0 Å². The molecule has 0 aliphatic heterocycles. The number of nitrogen functional groups attached to an aromatic ring is 1. The number of thiazole rings is 1. The summed E-state index contributed by atoms with van der Waals surface area (Å²) in [7, 11) is 0. The molecule has 0 bridgehead atoms. The number of aromatic nitrogens is 1. The van der Waals surface area contributed by atoms with Gasteiger partial charge in [0.15, 0.2) is 0 Å². The minimum atomic E-state index is 0.505. The lowest BCUT2D eigenvalue weighted by Gasteiger charge is -2.00. The lowest BCUT2D eigenvalue weighted by atomic mass is 10.1. The van der Waals surface area contributed by atoms with Crippen LogP contribution in [0.5, 0.6) is 0 Å². The van der Waals surface area contributed by atoms with Crippen molar-refractivity contribution in [2.45, 2.75) is 26.2 Å². The summed E-state index contributed by atoms with van der Waals surface area (Å²) in [4.78, 5) is 4.61. The van der Waals surface area contributed by atoms with Crippen LogP contribution in [0.2, 0.25) is 0 Å². The molecule has 2 rings (SSSR count). The van der Waals surface area contributed by atoms with Gasteiger partial charge < -0.3 is 5.73 Å². The molecule has 2 N–H and O–H groups in total. The molecule has 1 aromatic heterocycles. The third-order valence-corrected chi connectivity index (χ3v) is 3.33. The van der Waals surface area contributed by atoms with Gasteiger partial charge in [-0.1, -0.05) is 26.0 Å². The Kier molecular flexibility index (Phi) is 3.25. The molecule has 0 radical (unpaired) electrons. The summed E-state index contributed by atoms with van der Waals surface area (Å²) in [6, 6.07) is 8.00. The molecule has 0 amide bonds.